The second kappa shape index (κ2) is 4.33. The summed E-state index contributed by atoms with van der Waals surface area (Å²) in [5, 5.41) is 18.8. The standard InChI is InChI=1S/C10H7N2O3/c1-7(6-11)10(13)8-2-4-9(5-3-8)12(14)15/h2-5,7H,1H2. The molecule has 0 bridgehead atoms. The summed E-state index contributed by atoms with van der Waals surface area (Å²) in [5.74, 6) is -1.42. The van der Waals surface area contributed by atoms with Crippen molar-refractivity contribution in [3.05, 3.63) is 46.9 Å². The van der Waals surface area contributed by atoms with Crippen molar-refractivity contribution in [2.24, 2.45) is 5.92 Å². The van der Waals surface area contributed by atoms with Gasteiger partial charge in [0.25, 0.3) is 5.69 Å². The summed E-state index contributed by atoms with van der Waals surface area (Å²) in [6, 6.07) is 6.78. The fraction of sp³-hybridized carbons (Fsp3) is 0.100. The van der Waals surface area contributed by atoms with Crippen molar-refractivity contribution in [1.29, 1.82) is 5.26 Å². The molecule has 0 aliphatic heterocycles. The Kier molecular flexibility index (Phi) is 3.13. The predicted molar refractivity (Wildman–Crippen MR) is 51.9 cm³/mol. The number of rotatable bonds is 3. The van der Waals surface area contributed by atoms with E-state index >= 15 is 0 Å². The molecule has 0 heterocycles. The number of benzene rings is 1. The van der Waals surface area contributed by atoms with E-state index in [0.29, 0.717) is 0 Å². The SMILES string of the molecule is [CH2]C(C#N)C(=O)c1ccc([N+](=O)[O-])cc1. The number of nitro groups is 1. The molecule has 1 atom stereocenters. The van der Waals surface area contributed by atoms with Crippen molar-refractivity contribution in [3.8, 4) is 6.07 Å². The minimum atomic E-state index is -0.980. The number of hydrogen-bond acceptors (Lipinski definition) is 4. The molecule has 1 aromatic rings. The summed E-state index contributed by atoms with van der Waals surface area (Å²) in [6.45, 7) is 3.35. The first-order valence-corrected chi connectivity index (χ1v) is 4.07. The van der Waals surface area contributed by atoms with Gasteiger partial charge >= 0.3 is 0 Å². The molecule has 0 aromatic heterocycles. The van der Waals surface area contributed by atoms with Crippen molar-refractivity contribution in [3.63, 3.8) is 0 Å². The topological polar surface area (TPSA) is 84.0 Å². The van der Waals surface area contributed by atoms with Gasteiger partial charge in [-0.1, -0.05) is 0 Å². The molecule has 1 aromatic carbocycles. The summed E-state index contributed by atoms with van der Waals surface area (Å²) in [4.78, 5) is 21.2. The fourth-order valence-corrected chi connectivity index (χ4v) is 1.01. The summed E-state index contributed by atoms with van der Waals surface area (Å²) < 4.78 is 0. The van der Waals surface area contributed by atoms with E-state index in [2.05, 4.69) is 6.92 Å². The van der Waals surface area contributed by atoms with Crippen LogP contribution in [0.2, 0.25) is 0 Å². The quantitative estimate of drug-likeness (QED) is 0.425. The first-order valence-electron chi connectivity index (χ1n) is 4.07. The van der Waals surface area contributed by atoms with Gasteiger partial charge in [0.2, 0.25) is 0 Å². The lowest BCUT2D eigenvalue weighted by Gasteiger charge is -2.00. The van der Waals surface area contributed by atoms with E-state index in [1.807, 2.05) is 0 Å². The Morgan fingerprint density at radius 1 is 1.47 bits per heavy atom. The van der Waals surface area contributed by atoms with Gasteiger partial charge in [0.1, 0.15) is 5.92 Å². The maximum absolute atomic E-state index is 11.4. The monoisotopic (exact) mass is 203 g/mol. The van der Waals surface area contributed by atoms with Gasteiger partial charge in [0, 0.05) is 17.7 Å². The van der Waals surface area contributed by atoms with E-state index in [-0.39, 0.29) is 11.3 Å². The molecule has 0 spiro atoms. The van der Waals surface area contributed by atoms with Gasteiger partial charge in [-0.05, 0) is 19.1 Å². The van der Waals surface area contributed by atoms with Gasteiger partial charge in [-0.2, -0.15) is 5.26 Å². The number of carbonyl (C=O) groups is 1. The minimum Gasteiger partial charge on any atom is -0.293 e. The Bertz CT molecular complexity index is 431. The molecule has 75 valence electrons. The molecule has 1 unspecified atom stereocenters. The Hall–Kier alpha value is -2.22. The van der Waals surface area contributed by atoms with E-state index < -0.39 is 16.6 Å². The van der Waals surface area contributed by atoms with Crippen LogP contribution < -0.4 is 0 Å². The van der Waals surface area contributed by atoms with Gasteiger partial charge in [-0.15, -0.1) is 0 Å². The van der Waals surface area contributed by atoms with Gasteiger partial charge in [-0.25, -0.2) is 0 Å². The van der Waals surface area contributed by atoms with Crippen molar-refractivity contribution in [2.45, 2.75) is 0 Å². The smallest absolute Gasteiger partial charge is 0.269 e. The minimum absolute atomic E-state index is 0.0934. The number of non-ortho nitro benzene ring substituents is 1. The molecule has 15 heavy (non-hydrogen) atoms. The number of nitro benzene ring substituents is 1. The normalized spacial score (nSPS) is 11.5. The Morgan fingerprint density at radius 3 is 2.40 bits per heavy atom. The number of nitriles is 1. The fourth-order valence-electron chi connectivity index (χ4n) is 1.01. The second-order valence-electron chi connectivity index (χ2n) is 2.85. The molecule has 1 radical (unpaired) electrons. The number of ketones is 1. The first-order chi connectivity index (χ1) is 7.06. The maximum atomic E-state index is 11.4. The molecule has 0 aliphatic carbocycles. The van der Waals surface area contributed by atoms with E-state index in [1.54, 1.807) is 6.07 Å². The largest absolute Gasteiger partial charge is 0.293 e. The van der Waals surface area contributed by atoms with E-state index in [9.17, 15) is 14.9 Å². The van der Waals surface area contributed by atoms with Gasteiger partial charge in [0.05, 0.1) is 11.0 Å². The molecule has 5 nitrogen and oxygen atoms in total. The molecule has 5 heteroatoms. The van der Waals surface area contributed by atoms with Crippen LogP contribution >= 0.6 is 0 Å². The second-order valence-corrected chi connectivity index (χ2v) is 2.85. The molecule has 0 amide bonds. The zero-order valence-electron chi connectivity index (χ0n) is 7.71. The van der Waals surface area contributed by atoms with Crippen molar-refractivity contribution < 1.29 is 9.72 Å². The lowest BCUT2D eigenvalue weighted by Crippen LogP contribution is -2.09. The lowest BCUT2D eigenvalue weighted by atomic mass is 10.0. The van der Waals surface area contributed by atoms with E-state index in [0.717, 1.165) is 0 Å². The molecule has 0 aliphatic rings. The zero-order valence-corrected chi connectivity index (χ0v) is 7.71. The number of carbonyl (C=O) groups excluding carboxylic acids is 1. The van der Waals surface area contributed by atoms with Crippen LogP contribution in [0.5, 0.6) is 0 Å². The molecule has 1 rings (SSSR count). The Morgan fingerprint density at radius 2 is 2.00 bits per heavy atom. The van der Waals surface area contributed by atoms with E-state index in [1.165, 1.54) is 24.3 Å². The highest BCUT2D eigenvalue weighted by Gasteiger charge is 2.15. The van der Waals surface area contributed by atoms with Crippen molar-refractivity contribution in [2.75, 3.05) is 0 Å². The molecule has 0 N–H and O–H groups in total. The third-order valence-electron chi connectivity index (χ3n) is 1.83. The van der Waals surface area contributed by atoms with Gasteiger partial charge < -0.3 is 0 Å². The summed E-state index contributed by atoms with van der Waals surface area (Å²) in [7, 11) is 0. The molecule has 0 saturated heterocycles. The predicted octanol–water partition coefficient (Wildman–Crippen LogP) is 1.75. The highest BCUT2D eigenvalue weighted by molar-refractivity contribution is 5.99. The Labute approximate surface area is 86.1 Å². The van der Waals surface area contributed by atoms with Gasteiger partial charge in [-0.3, -0.25) is 14.9 Å². The number of nitrogens with zero attached hydrogens (tertiary/aromatic N) is 2. The average molecular weight is 203 g/mol. The first kappa shape index (κ1) is 10.9. The highest BCUT2D eigenvalue weighted by atomic mass is 16.6. The Balaban J connectivity index is 2.95. The van der Waals surface area contributed by atoms with Crippen molar-refractivity contribution in [1.82, 2.24) is 0 Å². The average Bonchev–Trinajstić information content (AvgIpc) is 2.27. The summed E-state index contributed by atoms with van der Waals surface area (Å²) in [6.07, 6.45) is 0. The van der Waals surface area contributed by atoms with Crippen molar-refractivity contribution >= 4 is 11.5 Å². The van der Waals surface area contributed by atoms with Crippen LogP contribution in [0, 0.1) is 34.3 Å². The molecule has 0 saturated carbocycles. The van der Waals surface area contributed by atoms with Crippen LogP contribution in [-0.4, -0.2) is 10.7 Å². The number of hydrogen-bond donors (Lipinski definition) is 0. The zero-order chi connectivity index (χ0) is 11.4. The third kappa shape index (κ3) is 2.38. The van der Waals surface area contributed by atoms with Crippen LogP contribution in [0.1, 0.15) is 10.4 Å². The highest BCUT2D eigenvalue weighted by Crippen LogP contribution is 2.14. The summed E-state index contributed by atoms with van der Waals surface area (Å²) in [5.41, 5.74) is 0.159. The lowest BCUT2D eigenvalue weighted by molar-refractivity contribution is -0.384. The molecule has 0 fully saturated rings. The van der Waals surface area contributed by atoms with E-state index in [4.69, 9.17) is 5.26 Å². The number of Topliss-reactive ketones (excluding diaryl/α,β-unsaturated/α-hetero) is 1. The molecular weight excluding hydrogens is 196 g/mol. The van der Waals surface area contributed by atoms with Crippen LogP contribution in [0.4, 0.5) is 5.69 Å². The molecular formula is C10H7N2O3. The summed E-state index contributed by atoms with van der Waals surface area (Å²) >= 11 is 0. The third-order valence-corrected chi connectivity index (χ3v) is 1.83. The van der Waals surface area contributed by atoms with Gasteiger partial charge in [0.15, 0.2) is 5.78 Å². The van der Waals surface area contributed by atoms with Crippen LogP contribution in [0.15, 0.2) is 24.3 Å². The maximum Gasteiger partial charge on any atom is 0.269 e. The van der Waals surface area contributed by atoms with Crippen LogP contribution in [-0.2, 0) is 0 Å². The van der Waals surface area contributed by atoms with Crippen LogP contribution in [0.25, 0.3) is 0 Å². The van der Waals surface area contributed by atoms with Crippen LogP contribution in [0.3, 0.4) is 0 Å².